The molecular formula is C28H30N2O5S. The van der Waals surface area contributed by atoms with E-state index in [1.54, 1.807) is 36.4 Å². The van der Waals surface area contributed by atoms with E-state index >= 15 is 0 Å². The van der Waals surface area contributed by atoms with E-state index in [0.29, 0.717) is 11.3 Å². The van der Waals surface area contributed by atoms with Crippen LogP contribution in [0.25, 0.3) is 0 Å². The van der Waals surface area contributed by atoms with Gasteiger partial charge in [-0.25, -0.2) is 4.79 Å². The summed E-state index contributed by atoms with van der Waals surface area (Å²) in [6.07, 6.45) is 5.16. The van der Waals surface area contributed by atoms with Gasteiger partial charge in [-0.3, -0.25) is 14.5 Å². The van der Waals surface area contributed by atoms with Crippen LogP contribution in [-0.2, 0) is 20.7 Å². The van der Waals surface area contributed by atoms with E-state index in [1.807, 2.05) is 17.5 Å². The van der Waals surface area contributed by atoms with Gasteiger partial charge in [-0.1, -0.05) is 43.5 Å². The molecule has 1 aliphatic rings. The number of ether oxygens (including phenoxy) is 1. The van der Waals surface area contributed by atoms with E-state index in [-0.39, 0.29) is 35.6 Å². The highest BCUT2D eigenvalue weighted by atomic mass is 32.1. The van der Waals surface area contributed by atoms with Crippen molar-refractivity contribution in [2.45, 2.75) is 50.6 Å². The van der Waals surface area contributed by atoms with E-state index in [4.69, 9.17) is 4.74 Å². The largest absolute Gasteiger partial charge is 0.508 e. The Labute approximate surface area is 214 Å². The number of rotatable bonds is 8. The number of hydrogen-bond acceptors (Lipinski definition) is 6. The predicted molar refractivity (Wildman–Crippen MR) is 139 cm³/mol. The number of thiophene rings is 1. The van der Waals surface area contributed by atoms with Crippen LogP contribution in [0.3, 0.4) is 0 Å². The van der Waals surface area contributed by atoms with Gasteiger partial charge in [0.05, 0.1) is 19.1 Å². The molecule has 36 heavy (non-hydrogen) atoms. The fraction of sp³-hybridized carbons (Fsp3) is 0.321. The molecule has 3 aromatic rings. The SMILES string of the molecule is COC(=O)c1cccc(N(C(=O)Cc2cccs2)C(C(=O)NC2CCCCC2)c2ccc(O)cc2)c1. The molecule has 0 aliphatic heterocycles. The summed E-state index contributed by atoms with van der Waals surface area (Å²) in [5.41, 5.74) is 1.25. The number of aromatic hydroxyl groups is 1. The van der Waals surface area contributed by atoms with Crippen molar-refractivity contribution in [2.75, 3.05) is 12.0 Å². The molecule has 2 amide bonds. The van der Waals surface area contributed by atoms with Gasteiger partial charge in [0.2, 0.25) is 11.8 Å². The number of phenols is 1. The molecule has 1 unspecified atom stereocenters. The molecule has 188 valence electrons. The van der Waals surface area contributed by atoms with E-state index in [9.17, 15) is 19.5 Å². The van der Waals surface area contributed by atoms with Crippen molar-refractivity contribution in [2.24, 2.45) is 0 Å². The zero-order valence-corrected chi connectivity index (χ0v) is 21.0. The third-order valence-electron chi connectivity index (χ3n) is 6.39. The number of methoxy groups -OCH3 is 1. The number of amides is 2. The van der Waals surface area contributed by atoms with Crippen LogP contribution in [0.4, 0.5) is 5.69 Å². The zero-order valence-electron chi connectivity index (χ0n) is 20.2. The van der Waals surface area contributed by atoms with E-state index in [0.717, 1.165) is 37.0 Å². The summed E-state index contributed by atoms with van der Waals surface area (Å²) in [6, 6.07) is 15.7. The van der Waals surface area contributed by atoms with Gasteiger partial charge in [0.25, 0.3) is 0 Å². The Morgan fingerprint density at radius 3 is 2.47 bits per heavy atom. The summed E-state index contributed by atoms with van der Waals surface area (Å²) < 4.78 is 4.88. The molecule has 0 saturated heterocycles. The molecule has 2 aromatic carbocycles. The van der Waals surface area contributed by atoms with Crippen LogP contribution < -0.4 is 10.2 Å². The molecule has 1 aliphatic carbocycles. The van der Waals surface area contributed by atoms with E-state index < -0.39 is 12.0 Å². The number of hydrogen-bond donors (Lipinski definition) is 2. The molecule has 1 heterocycles. The van der Waals surface area contributed by atoms with Gasteiger partial charge in [-0.05, 0) is 60.2 Å². The van der Waals surface area contributed by atoms with Gasteiger partial charge in [-0.2, -0.15) is 0 Å². The van der Waals surface area contributed by atoms with Crippen LogP contribution in [0.1, 0.15) is 58.9 Å². The summed E-state index contributed by atoms with van der Waals surface area (Å²) in [6.45, 7) is 0. The van der Waals surface area contributed by atoms with Crippen LogP contribution in [-0.4, -0.2) is 36.0 Å². The topological polar surface area (TPSA) is 95.9 Å². The average Bonchev–Trinajstić information content (AvgIpc) is 3.41. The second-order valence-electron chi connectivity index (χ2n) is 8.90. The first kappa shape index (κ1) is 25.4. The van der Waals surface area contributed by atoms with Crippen LogP contribution in [0, 0.1) is 0 Å². The number of carbonyl (C=O) groups is 3. The Kier molecular flexibility index (Phi) is 8.38. The zero-order chi connectivity index (χ0) is 25.5. The minimum atomic E-state index is -0.993. The van der Waals surface area contributed by atoms with Crippen molar-refractivity contribution in [1.29, 1.82) is 0 Å². The second-order valence-corrected chi connectivity index (χ2v) is 9.93. The van der Waals surface area contributed by atoms with Crippen molar-refractivity contribution in [3.63, 3.8) is 0 Å². The van der Waals surface area contributed by atoms with Gasteiger partial charge in [0, 0.05) is 16.6 Å². The highest BCUT2D eigenvalue weighted by Crippen LogP contribution is 2.32. The number of esters is 1. The first-order valence-electron chi connectivity index (χ1n) is 12.1. The maximum absolute atomic E-state index is 13.8. The molecule has 1 saturated carbocycles. The van der Waals surface area contributed by atoms with Crippen LogP contribution in [0.2, 0.25) is 0 Å². The fourth-order valence-electron chi connectivity index (χ4n) is 4.59. The summed E-state index contributed by atoms with van der Waals surface area (Å²) in [7, 11) is 1.30. The maximum atomic E-state index is 13.8. The lowest BCUT2D eigenvalue weighted by molar-refractivity contribution is -0.127. The summed E-state index contributed by atoms with van der Waals surface area (Å²) in [5.74, 6) is -1.04. The summed E-state index contributed by atoms with van der Waals surface area (Å²) >= 11 is 1.47. The van der Waals surface area contributed by atoms with E-state index in [1.165, 1.54) is 35.5 Å². The van der Waals surface area contributed by atoms with Crippen LogP contribution in [0.5, 0.6) is 5.75 Å². The van der Waals surface area contributed by atoms with Gasteiger partial charge in [0.15, 0.2) is 0 Å². The molecule has 2 N–H and O–H groups in total. The number of carbonyl (C=O) groups excluding carboxylic acids is 3. The molecule has 0 radical (unpaired) electrons. The Morgan fingerprint density at radius 1 is 1.06 bits per heavy atom. The Balaban J connectivity index is 1.78. The van der Waals surface area contributed by atoms with Crippen molar-refractivity contribution >= 4 is 34.8 Å². The molecule has 4 rings (SSSR count). The molecule has 0 spiro atoms. The van der Waals surface area contributed by atoms with Crippen molar-refractivity contribution in [3.05, 3.63) is 82.0 Å². The highest BCUT2D eigenvalue weighted by Gasteiger charge is 2.34. The Bertz CT molecular complexity index is 1190. The number of anilines is 1. The Morgan fingerprint density at radius 2 is 1.81 bits per heavy atom. The lowest BCUT2D eigenvalue weighted by atomic mass is 9.94. The standard InChI is InChI=1S/C28H30N2O5S/c1-35-28(34)20-7-5-10-22(17-20)30(25(32)18-24-11-6-16-36-24)26(19-12-14-23(31)15-13-19)27(33)29-21-8-3-2-4-9-21/h5-7,10-17,21,26,31H,2-4,8-9,18H2,1H3,(H,29,33). The summed E-state index contributed by atoms with van der Waals surface area (Å²) in [4.78, 5) is 42.2. The molecule has 0 bridgehead atoms. The number of nitrogens with one attached hydrogen (secondary N) is 1. The monoisotopic (exact) mass is 506 g/mol. The van der Waals surface area contributed by atoms with Crippen LogP contribution >= 0.6 is 11.3 Å². The first-order valence-corrected chi connectivity index (χ1v) is 13.0. The van der Waals surface area contributed by atoms with Gasteiger partial charge >= 0.3 is 5.97 Å². The Hall–Kier alpha value is -3.65. The third kappa shape index (κ3) is 6.12. The van der Waals surface area contributed by atoms with Gasteiger partial charge in [-0.15, -0.1) is 11.3 Å². The molecule has 1 aromatic heterocycles. The second kappa shape index (κ2) is 11.9. The lowest BCUT2D eigenvalue weighted by Gasteiger charge is -2.33. The molecular weight excluding hydrogens is 476 g/mol. The minimum absolute atomic E-state index is 0.0431. The van der Waals surface area contributed by atoms with Crippen molar-refractivity contribution in [1.82, 2.24) is 5.32 Å². The summed E-state index contributed by atoms with van der Waals surface area (Å²) in [5, 5.41) is 14.9. The van der Waals surface area contributed by atoms with Crippen LogP contribution in [0.15, 0.2) is 66.0 Å². The maximum Gasteiger partial charge on any atom is 0.337 e. The van der Waals surface area contributed by atoms with Gasteiger partial charge in [0.1, 0.15) is 11.8 Å². The number of phenolic OH excluding ortho intramolecular Hbond substituents is 1. The predicted octanol–water partition coefficient (Wildman–Crippen LogP) is 5.01. The first-order chi connectivity index (χ1) is 17.5. The molecule has 8 heteroatoms. The molecule has 1 fully saturated rings. The smallest absolute Gasteiger partial charge is 0.337 e. The van der Waals surface area contributed by atoms with Crippen molar-refractivity contribution < 1.29 is 24.2 Å². The number of benzene rings is 2. The normalized spacial score (nSPS) is 14.6. The number of nitrogens with zero attached hydrogens (tertiary/aromatic N) is 1. The van der Waals surface area contributed by atoms with E-state index in [2.05, 4.69) is 5.32 Å². The average molecular weight is 507 g/mol. The van der Waals surface area contributed by atoms with Gasteiger partial charge < -0.3 is 15.2 Å². The fourth-order valence-corrected chi connectivity index (χ4v) is 5.28. The lowest BCUT2D eigenvalue weighted by Crippen LogP contribution is -2.47. The molecule has 7 nitrogen and oxygen atoms in total. The highest BCUT2D eigenvalue weighted by molar-refractivity contribution is 7.10. The molecule has 1 atom stereocenters. The quantitative estimate of drug-likeness (QED) is 0.419. The minimum Gasteiger partial charge on any atom is -0.508 e. The van der Waals surface area contributed by atoms with Crippen molar-refractivity contribution in [3.8, 4) is 5.75 Å². The third-order valence-corrected chi connectivity index (χ3v) is 7.26.